The van der Waals surface area contributed by atoms with Crippen LogP contribution in [-0.4, -0.2) is 4.98 Å². The first-order valence-corrected chi connectivity index (χ1v) is 19.5. The lowest BCUT2D eigenvalue weighted by Gasteiger charge is -2.37. The van der Waals surface area contributed by atoms with Crippen molar-refractivity contribution in [2.24, 2.45) is 17.8 Å². The summed E-state index contributed by atoms with van der Waals surface area (Å²) in [5.41, 5.74) is 13.8. The van der Waals surface area contributed by atoms with Crippen LogP contribution in [0.1, 0.15) is 108 Å². The van der Waals surface area contributed by atoms with Gasteiger partial charge in [-0.2, -0.15) is 0 Å². The summed E-state index contributed by atoms with van der Waals surface area (Å²) >= 11 is 0. The Bertz CT molecular complexity index is 1940. The maximum Gasteiger partial charge on any atom is 0.0714 e. The standard InChI is InChI=1S/C49H57N/c1-7-11-18-37(10-4)49(42-28-27-39-31-36(9-3)25-26-40(39)32-42)35(6)43(17-8-2)34(5)44-21-15-23-46-45(44)22-16-24-47(46)48-33-41(29-30-50-48)38-19-13-12-14-20-38/h12-16,19-31,33-34,37,42,49H,7-11,17-18,32H2,1-6H3/b43-35-. The van der Waals surface area contributed by atoms with Crippen molar-refractivity contribution in [3.8, 4) is 22.4 Å². The number of aromatic nitrogens is 1. The largest absolute Gasteiger partial charge is 0.256 e. The molecule has 0 amide bonds. The molecule has 0 aliphatic heterocycles. The van der Waals surface area contributed by atoms with Crippen LogP contribution in [-0.2, 0) is 12.8 Å². The average molecular weight is 660 g/mol. The van der Waals surface area contributed by atoms with Gasteiger partial charge in [0.2, 0.25) is 0 Å². The third-order valence-corrected chi connectivity index (χ3v) is 11.6. The average Bonchev–Trinajstić information content (AvgIpc) is 3.17. The number of fused-ring (bicyclic) bond motifs is 2. The maximum absolute atomic E-state index is 4.89. The van der Waals surface area contributed by atoms with Crippen LogP contribution in [0.3, 0.4) is 0 Å². The molecule has 4 unspecified atom stereocenters. The van der Waals surface area contributed by atoms with Crippen molar-refractivity contribution in [2.45, 2.75) is 98.8 Å². The molecule has 0 fully saturated rings. The number of rotatable bonds is 14. The lowest BCUT2D eigenvalue weighted by molar-refractivity contribution is 0.269. The second kappa shape index (κ2) is 16.7. The SMILES string of the molecule is CCCCC(CC)C(/C(C)=C(/CCC)C(C)c1cccc2c(-c3cc(-c4ccccc4)ccn3)cccc12)C1C=Cc2cc(CC)ccc2C1. The molecule has 0 saturated heterocycles. The summed E-state index contributed by atoms with van der Waals surface area (Å²) in [6.07, 6.45) is 16.6. The minimum absolute atomic E-state index is 0.329. The fourth-order valence-corrected chi connectivity index (χ4v) is 8.88. The predicted molar refractivity (Wildman–Crippen MR) is 217 cm³/mol. The quantitative estimate of drug-likeness (QED) is 0.108. The third kappa shape index (κ3) is 7.58. The van der Waals surface area contributed by atoms with E-state index >= 15 is 0 Å². The van der Waals surface area contributed by atoms with E-state index in [0.717, 1.165) is 31.4 Å². The Balaban J connectivity index is 1.42. The Hall–Kier alpha value is -4.23. The highest BCUT2D eigenvalue weighted by Crippen LogP contribution is 2.45. The van der Waals surface area contributed by atoms with Crippen molar-refractivity contribution in [1.29, 1.82) is 0 Å². The van der Waals surface area contributed by atoms with Gasteiger partial charge in [0.1, 0.15) is 0 Å². The van der Waals surface area contributed by atoms with Crippen LogP contribution in [0.15, 0.2) is 120 Å². The Morgan fingerprint density at radius 3 is 2.36 bits per heavy atom. The van der Waals surface area contributed by atoms with Crippen molar-refractivity contribution in [3.63, 3.8) is 0 Å². The summed E-state index contributed by atoms with van der Waals surface area (Å²) < 4.78 is 0. The summed E-state index contributed by atoms with van der Waals surface area (Å²) in [5, 5.41) is 2.63. The van der Waals surface area contributed by atoms with Crippen LogP contribution in [0.2, 0.25) is 0 Å². The minimum atomic E-state index is 0.329. The summed E-state index contributed by atoms with van der Waals surface area (Å²) in [6.45, 7) is 14.4. The molecule has 1 aliphatic carbocycles. The van der Waals surface area contributed by atoms with Crippen LogP contribution in [0.5, 0.6) is 0 Å². The molecule has 0 N–H and O–H groups in total. The molecule has 0 saturated carbocycles. The topological polar surface area (TPSA) is 12.9 Å². The molecule has 1 heterocycles. The lowest BCUT2D eigenvalue weighted by atomic mass is 9.67. The second-order valence-corrected chi connectivity index (χ2v) is 14.7. The molecule has 1 nitrogen and oxygen atoms in total. The zero-order valence-electron chi connectivity index (χ0n) is 31.4. The number of hydrogen-bond acceptors (Lipinski definition) is 1. The van der Waals surface area contributed by atoms with E-state index in [1.54, 1.807) is 11.1 Å². The smallest absolute Gasteiger partial charge is 0.0714 e. The van der Waals surface area contributed by atoms with Gasteiger partial charge in [-0.05, 0) is 107 Å². The van der Waals surface area contributed by atoms with E-state index in [-0.39, 0.29) is 0 Å². The van der Waals surface area contributed by atoms with Crippen LogP contribution < -0.4 is 0 Å². The van der Waals surface area contributed by atoms with Gasteiger partial charge in [0.05, 0.1) is 5.69 Å². The highest BCUT2D eigenvalue weighted by Gasteiger charge is 2.32. The molecule has 4 aromatic carbocycles. The van der Waals surface area contributed by atoms with E-state index in [0.29, 0.717) is 23.7 Å². The van der Waals surface area contributed by atoms with Crippen molar-refractivity contribution < 1.29 is 0 Å². The number of allylic oxidation sites excluding steroid dienone is 3. The van der Waals surface area contributed by atoms with E-state index in [1.165, 1.54) is 75.4 Å². The van der Waals surface area contributed by atoms with Crippen LogP contribution in [0, 0.1) is 17.8 Å². The third-order valence-electron chi connectivity index (χ3n) is 11.6. The number of aryl methyl sites for hydroxylation is 1. The molecule has 0 spiro atoms. The number of benzene rings is 4. The first kappa shape index (κ1) is 35.6. The van der Waals surface area contributed by atoms with Gasteiger partial charge in [0.25, 0.3) is 0 Å². The molecule has 0 bridgehead atoms. The Morgan fingerprint density at radius 1 is 0.800 bits per heavy atom. The number of hydrogen-bond donors (Lipinski definition) is 0. The van der Waals surface area contributed by atoms with Gasteiger partial charge in [0.15, 0.2) is 0 Å². The van der Waals surface area contributed by atoms with Gasteiger partial charge in [-0.3, -0.25) is 4.98 Å². The normalized spacial score (nSPS) is 16.5. The summed E-state index contributed by atoms with van der Waals surface area (Å²) in [5.74, 6) is 2.08. The highest BCUT2D eigenvalue weighted by molar-refractivity contribution is 5.98. The molecule has 0 radical (unpaired) electrons. The number of nitrogens with zero attached hydrogens (tertiary/aromatic N) is 1. The second-order valence-electron chi connectivity index (χ2n) is 14.7. The van der Waals surface area contributed by atoms with Gasteiger partial charge < -0.3 is 0 Å². The minimum Gasteiger partial charge on any atom is -0.256 e. The number of pyridine rings is 1. The highest BCUT2D eigenvalue weighted by atomic mass is 14.7. The van der Waals surface area contributed by atoms with E-state index in [2.05, 4.69) is 151 Å². The molecule has 4 atom stereocenters. The van der Waals surface area contributed by atoms with Gasteiger partial charge in [-0.25, -0.2) is 0 Å². The zero-order valence-corrected chi connectivity index (χ0v) is 31.4. The Morgan fingerprint density at radius 2 is 1.60 bits per heavy atom. The van der Waals surface area contributed by atoms with E-state index in [4.69, 9.17) is 4.98 Å². The summed E-state index contributed by atoms with van der Waals surface area (Å²) in [4.78, 5) is 4.89. The van der Waals surface area contributed by atoms with Crippen molar-refractivity contribution in [2.75, 3.05) is 0 Å². The van der Waals surface area contributed by atoms with E-state index in [1.807, 2.05) is 6.20 Å². The first-order valence-electron chi connectivity index (χ1n) is 19.5. The molecule has 6 rings (SSSR count). The molecule has 1 heteroatoms. The molecule has 1 aliphatic rings. The van der Waals surface area contributed by atoms with Gasteiger partial charge >= 0.3 is 0 Å². The van der Waals surface area contributed by atoms with Crippen molar-refractivity contribution in [3.05, 3.63) is 143 Å². The van der Waals surface area contributed by atoms with Crippen LogP contribution in [0.25, 0.3) is 39.2 Å². The summed E-state index contributed by atoms with van der Waals surface area (Å²) in [6, 6.07) is 36.0. The molecule has 50 heavy (non-hydrogen) atoms. The van der Waals surface area contributed by atoms with Gasteiger partial charge in [0, 0.05) is 17.7 Å². The Kier molecular flexibility index (Phi) is 11.9. The van der Waals surface area contributed by atoms with E-state index < -0.39 is 0 Å². The van der Waals surface area contributed by atoms with E-state index in [9.17, 15) is 0 Å². The Labute approximate surface area is 302 Å². The fraction of sp³-hybridized carbons (Fsp3) is 0.367. The predicted octanol–water partition coefficient (Wildman–Crippen LogP) is 14.1. The first-order chi connectivity index (χ1) is 24.5. The summed E-state index contributed by atoms with van der Waals surface area (Å²) in [7, 11) is 0. The van der Waals surface area contributed by atoms with Crippen molar-refractivity contribution >= 4 is 16.8 Å². The maximum atomic E-state index is 4.89. The van der Waals surface area contributed by atoms with Gasteiger partial charge in [-0.15, -0.1) is 0 Å². The van der Waals surface area contributed by atoms with Crippen molar-refractivity contribution in [1.82, 2.24) is 4.98 Å². The van der Waals surface area contributed by atoms with Crippen LogP contribution in [0.4, 0.5) is 0 Å². The lowest BCUT2D eigenvalue weighted by Crippen LogP contribution is -2.28. The van der Waals surface area contributed by atoms with Crippen LogP contribution >= 0.6 is 0 Å². The molecule has 258 valence electrons. The molecule has 1 aromatic heterocycles. The number of unbranched alkanes of at least 4 members (excludes halogenated alkanes) is 1. The zero-order chi connectivity index (χ0) is 35.0. The monoisotopic (exact) mass is 659 g/mol. The van der Waals surface area contributed by atoms with Gasteiger partial charge in [-0.1, -0.05) is 169 Å². The molecular weight excluding hydrogens is 603 g/mol. The molecular formula is C49H57N. The molecule has 5 aromatic rings. The fourth-order valence-electron chi connectivity index (χ4n) is 8.88.